The Morgan fingerprint density at radius 2 is 2.10 bits per heavy atom. The van der Waals surface area contributed by atoms with Gasteiger partial charge < -0.3 is 10.4 Å². The molecule has 0 amide bonds. The van der Waals surface area contributed by atoms with E-state index >= 15 is 0 Å². The summed E-state index contributed by atoms with van der Waals surface area (Å²) in [5, 5.41) is 16.7. The van der Waals surface area contributed by atoms with Gasteiger partial charge in [-0.05, 0) is 25.0 Å². The van der Waals surface area contributed by atoms with Crippen LogP contribution in [0.2, 0.25) is 0 Å². The topological polar surface area (TPSA) is 80.0 Å². The second kappa shape index (κ2) is 6.39. The number of aromatic nitrogens is 3. The Morgan fingerprint density at radius 1 is 1.33 bits per heavy atom. The monoisotopic (exact) mass is 288 g/mol. The molecule has 0 unspecified atom stereocenters. The zero-order valence-electron chi connectivity index (χ0n) is 12.6. The summed E-state index contributed by atoms with van der Waals surface area (Å²) in [6, 6.07) is 3.17. The summed E-state index contributed by atoms with van der Waals surface area (Å²) in [7, 11) is 1.89. The molecule has 0 fully saturated rings. The summed E-state index contributed by atoms with van der Waals surface area (Å²) in [6.07, 6.45) is 3.52. The first-order valence-corrected chi connectivity index (χ1v) is 7.03. The minimum Gasteiger partial charge on any atom is -0.478 e. The summed E-state index contributed by atoms with van der Waals surface area (Å²) in [4.78, 5) is 15.5. The number of nitrogens with one attached hydrogen (secondary N) is 1. The van der Waals surface area contributed by atoms with Gasteiger partial charge in [-0.2, -0.15) is 5.10 Å². The number of pyridine rings is 1. The molecular formula is C15H20N4O2. The molecule has 0 saturated carbocycles. The van der Waals surface area contributed by atoms with Gasteiger partial charge in [0.05, 0.1) is 11.3 Å². The van der Waals surface area contributed by atoms with Crippen molar-refractivity contribution in [2.45, 2.75) is 33.2 Å². The first kappa shape index (κ1) is 15.0. The molecule has 0 spiro atoms. The highest BCUT2D eigenvalue weighted by atomic mass is 16.4. The van der Waals surface area contributed by atoms with E-state index in [0.717, 1.165) is 23.4 Å². The third-order valence-electron chi connectivity index (χ3n) is 3.27. The second-order valence-electron chi connectivity index (χ2n) is 4.87. The number of nitrogens with zero attached hydrogens (tertiary/aromatic N) is 3. The number of aryl methyl sites for hydroxylation is 3. The van der Waals surface area contributed by atoms with Crippen molar-refractivity contribution in [2.24, 2.45) is 7.05 Å². The van der Waals surface area contributed by atoms with E-state index in [1.54, 1.807) is 16.8 Å². The number of anilines is 1. The van der Waals surface area contributed by atoms with Crippen molar-refractivity contribution in [3.8, 4) is 0 Å². The Bertz CT molecular complexity index is 649. The van der Waals surface area contributed by atoms with Crippen molar-refractivity contribution in [1.29, 1.82) is 0 Å². The lowest BCUT2D eigenvalue weighted by Gasteiger charge is -2.08. The van der Waals surface area contributed by atoms with Crippen LogP contribution in [0.15, 0.2) is 18.3 Å². The van der Waals surface area contributed by atoms with Crippen molar-refractivity contribution in [1.82, 2.24) is 14.8 Å². The quantitative estimate of drug-likeness (QED) is 0.852. The van der Waals surface area contributed by atoms with Crippen LogP contribution in [0.3, 0.4) is 0 Å². The molecule has 0 atom stereocenters. The van der Waals surface area contributed by atoms with Gasteiger partial charge in [0.15, 0.2) is 0 Å². The molecule has 0 aliphatic rings. The molecule has 0 aromatic carbocycles. The Morgan fingerprint density at radius 3 is 2.71 bits per heavy atom. The Balaban J connectivity index is 2.19. The van der Waals surface area contributed by atoms with Crippen molar-refractivity contribution in [3.63, 3.8) is 0 Å². The summed E-state index contributed by atoms with van der Waals surface area (Å²) < 4.78 is 1.79. The van der Waals surface area contributed by atoms with Crippen molar-refractivity contribution >= 4 is 11.8 Å². The number of aromatic carboxylic acids is 1. The third kappa shape index (κ3) is 3.59. The van der Waals surface area contributed by atoms with Crippen LogP contribution in [-0.2, 0) is 26.4 Å². The fraction of sp³-hybridized carbons (Fsp3) is 0.400. The van der Waals surface area contributed by atoms with E-state index in [4.69, 9.17) is 5.11 Å². The molecule has 0 aliphatic carbocycles. The van der Waals surface area contributed by atoms with Crippen molar-refractivity contribution in [3.05, 3.63) is 40.8 Å². The van der Waals surface area contributed by atoms with Crippen LogP contribution >= 0.6 is 0 Å². The molecule has 2 rings (SSSR count). The van der Waals surface area contributed by atoms with Crippen LogP contribution in [0.1, 0.15) is 41.2 Å². The average Bonchev–Trinajstić information content (AvgIpc) is 2.84. The molecule has 112 valence electrons. The van der Waals surface area contributed by atoms with Crippen LogP contribution in [0.5, 0.6) is 0 Å². The highest BCUT2D eigenvalue weighted by Gasteiger charge is 2.09. The Kier molecular flexibility index (Phi) is 4.57. The fourth-order valence-corrected chi connectivity index (χ4v) is 2.20. The average molecular weight is 288 g/mol. The zero-order chi connectivity index (χ0) is 15.4. The predicted octanol–water partition coefficient (Wildman–Crippen LogP) is 2.25. The standard InChI is InChI=1S/C15H20N4O2/c1-4-12-6-10(15(20)21)7-14(17-12)16-8-11-9-19(3)18-13(11)5-2/h6-7,9H,4-5,8H2,1-3H3,(H,16,17)(H,20,21). The minimum absolute atomic E-state index is 0.256. The largest absolute Gasteiger partial charge is 0.478 e. The first-order chi connectivity index (χ1) is 10.0. The number of rotatable bonds is 6. The zero-order valence-corrected chi connectivity index (χ0v) is 12.6. The molecule has 21 heavy (non-hydrogen) atoms. The number of carboxylic acids is 1. The molecule has 2 aromatic rings. The van der Waals surface area contributed by atoms with E-state index in [2.05, 4.69) is 22.3 Å². The van der Waals surface area contributed by atoms with Crippen LogP contribution in [0.4, 0.5) is 5.82 Å². The SMILES string of the molecule is CCc1cc(C(=O)O)cc(NCc2cn(C)nc2CC)n1. The molecule has 0 aliphatic heterocycles. The van der Waals surface area contributed by atoms with Crippen LogP contribution in [-0.4, -0.2) is 25.8 Å². The lowest BCUT2D eigenvalue weighted by Crippen LogP contribution is -2.07. The molecule has 0 bridgehead atoms. The molecule has 0 saturated heterocycles. The van der Waals surface area contributed by atoms with Gasteiger partial charge in [0.2, 0.25) is 0 Å². The highest BCUT2D eigenvalue weighted by Crippen LogP contribution is 2.14. The summed E-state index contributed by atoms with van der Waals surface area (Å²) in [5.41, 5.74) is 3.15. The lowest BCUT2D eigenvalue weighted by molar-refractivity contribution is 0.0696. The third-order valence-corrected chi connectivity index (χ3v) is 3.27. The lowest BCUT2D eigenvalue weighted by atomic mass is 10.2. The first-order valence-electron chi connectivity index (χ1n) is 7.03. The smallest absolute Gasteiger partial charge is 0.335 e. The maximum Gasteiger partial charge on any atom is 0.335 e. The number of carboxylic acid groups (broad SMARTS) is 1. The van der Waals surface area contributed by atoms with E-state index in [0.29, 0.717) is 18.8 Å². The van der Waals surface area contributed by atoms with Gasteiger partial charge in [0, 0.05) is 31.0 Å². The van der Waals surface area contributed by atoms with Gasteiger partial charge in [-0.25, -0.2) is 9.78 Å². The number of carbonyl (C=O) groups is 1. The maximum atomic E-state index is 11.1. The van der Waals surface area contributed by atoms with Gasteiger partial charge in [-0.15, -0.1) is 0 Å². The minimum atomic E-state index is -0.939. The van der Waals surface area contributed by atoms with Gasteiger partial charge in [0.1, 0.15) is 5.82 Å². The van der Waals surface area contributed by atoms with Crippen LogP contribution in [0.25, 0.3) is 0 Å². The Labute approximate surface area is 123 Å². The molecule has 2 heterocycles. The normalized spacial score (nSPS) is 10.6. The fourth-order valence-electron chi connectivity index (χ4n) is 2.20. The molecule has 0 radical (unpaired) electrons. The van der Waals surface area contributed by atoms with Crippen LogP contribution < -0.4 is 5.32 Å². The van der Waals surface area contributed by atoms with Gasteiger partial charge in [-0.1, -0.05) is 13.8 Å². The molecule has 6 heteroatoms. The van der Waals surface area contributed by atoms with Crippen molar-refractivity contribution < 1.29 is 9.90 Å². The van der Waals surface area contributed by atoms with E-state index < -0.39 is 5.97 Å². The van der Waals surface area contributed by atoms with Gasteiger partial charge in [-0.3, -0.25) is 4.68 Å². The van der Waals surface area contributed by atoms with E-state index in [9.17, 15) is 4.79 Å². The number of hydrogen-bond donors (Lipinski definition) is 2. The second-order valence-corrected chi connectivity index (χ2v) is 4.87. The predicted molar refractivity (Wildman–Crippen MR) is 80.5 cm³/mol. The summed E-state index contributed by atoms with van der Waals surface area (Å²) >= 11 is 0. The number of hydrogen-bond acceptors (Lipinski definition) is 4. The van der Waals surface area contributed by atoms with E-state index in [1.807, 2.05) is 20.2 Å². The summed E-state index contributed by atoms with van der Waals surface area (Å²) in [5.74, 6) is -0.358. The van der Waals surface area contributed by atoms with Gasteiger partial charge in [0.25, 0.3) is 0 Å². The highest BCUT2D eigenvalue weighted by molar-refractivity contribution is 5.88. The molecule has 2 N–H and O–H groups in total. The maximum absolute atomic E-state index is 11.1. The van der Waals surface area contributed by atoms with E-state index in [1.165, 1.54) is 0 Å². The van der Waals surface area contributed by atoms with E-state index in [-0.39, 0.29) is 5.56 Å². The molecule has 2 aromatic heterocycles. The molecule has 6 nitrogen and oxygen atoms in total. The molecular weight excluding hydrogens is 268 g/mol. The van der Waals surface area contributed by atoms with Crippen LogP contribution in [0, 0.1) is 0 Å². The van der Waals surface area contributed by atoms with Gasteiger partial charge >= 0.3 is 5.97 Å². The Hall–Kier alpha value is -2.37. The summed E-state index contributed by atoms with van der Waals surface area (Å²) in [6.45, 7) is 4.59. The van der Waals surface area contributed by atoms with Crippen molar-refractivity contribution in [2.75, 3.05) is 5.32 Å².